The fourth-order valence-electron chi connectivity index (χ4n) is 11.8. The van der Waals surface area contributed by atoms with Crippen molar-refractivity contribution in [1.29, 1.82) is 15.8 Å². The van der Waals surface area contributed by atoms with Crippen molar-refractivity contribution < 1.29 is 55.9 Å². The minimum atomic E-state index is -1.00. The Hall–Kier alpha value is -10.0. The van der Waals surface area contributed by atoms with E-state index >= 15 is 0 Å². The molecule has 2 N–H and O–H groups in total. The quantitative estimate of drug-likeness (QED) is 0.0479. The van der Waals surface area contributed by atoms with Gasteiger partial charge in [-0.25, -0.2) is 0 Å². The third-order valence-corrected chi connectivity index (χ3v) is 27.2. The summed E-state index contributed by atoms with van der Waals surface area (Å²) in [4.78, 5) is 8.59. The zero-order valence-electron chi connectivity index (χ0n) is 63.6. The monoisotopic (exact) mass is 1800 g/mol. The normalized spacial score (nSPS) is 10.0. The number of halogens is 2. The number of fused-ring (bicyclic) bond motifs is 2. The van der Waals surface area contributed by atoms with Gasteiger partial charge in [-0.2, -0.15) is 5.26 Å². The number of aliphatic hydroxyl groups excluding tert-OH is 2. The molecule has 0 saturated carbocycles. The van der Waals surface area contributed by atoms with E-state index < -0.39 is 38.8 Å². The van der Waals surface area contributed by atoms with Gasteiger partial charge in [0.05, 0.1) is 38.3 Å². The predicted molar refractivity (Wildman–Crippen MR) is 480 cm³/mol. The smallest absolute Gasteiger partial charge is 0.512 e. The second-order valence-electron chi connectivity index (χ2n) is 24.2. The molecule has 0 radical (unpaired) electrons. The third-order valence-electron chi connectivity index (χ3n) is 16.6. The molecular weight excluding hydrogens is 1720 g/mol. The molecule has 16 aromatic rings. The van der Waals surface area contributed by atoms with E-state index in [0.717, 1.165) is 42.1 Å². The van der Waals surface area contributed by atoms with E-state index in [2.05, 4.69) is 409 Å². The Morgan fingerprint density at radius 1 is 0.336 bits per heavy atom. The first-order valence-electron chi connectivity index (χ1n) is 36.0. The average Bonchev–Trinajstić information content (AvgIpc) is 0.770. The minimum absolute atomic E-state index is 0. The summed E-state index contributed by atoms with van der Waals surface area (Å²) in [5.41, 5.74) is 6.08. The summed E-state index contributed by atoms with van der Waals surface area (Å²) in [5, 5.41) is 58.4. The summed E-state index contributed by atoms with van der Waals surface area (Å²) in [6, 6.07) is 143. The minimum Gasteiger partial charge on any atom is -0.512 e. The molecule has 113 heavy (non-hydrogen) atoms. The van der Waals surface area contributed by atoms with Crippen LogP contribution >= 0.6 is 54.3 Å². The number of nitriles is 1. The van der Waals surface area contributed by atoms with Gasteiger partial charge in [-0.15, -0.1) is 0 Å². The Balaban J connectivity index is 0.000000209. The SMILES string of the molecule is Cc1cnc2c(C#N)cc(CO)cc2c1.Cc1cnc2c(I)cc(CO)cc2c1.[2H]CF.[C-]#N.[C-]#N.[Pd].[Zn+2].c1ccc(P(c2ccccc2)c2ccccc2)cc1.c1ccc(P(c2ccccc2)c2ccccc2)cc1.c1ccc(P(c2ccccc2)c2ccccc2)cc1.c1ccc(P(c2ccccc2)c2ccccc2)cc1. The summed E-state index contributed by atoms with van der Waals surface area (Å²) in [5.74, 6) is 0. The van der Waals surface area contributed by atoms with Crippen LogP contribution in [-0.2, 0) is 53.1 Å². The van der Waals surface area contributed by atoms with Crippen molar-refractivity contribution >= 4 is 140 Å². The Morgan fingerprint density at radius 3 is 0.699 bits per heavy atom. The van der Waals surface area contributed by atoms with Gasteiger partial charge in [-0.1, -0.05) is 364 Å². The van der Waals surface area contributed by atoms with Crippen molar-refractivity contribution in [3.05, 3.63) is 457 Å². The molecular formula is C98H83FIN5O2P4PdZn. The predicted octanol–water partition coefficient (Wildman–Crippen LogP) is 19.1. The van der Waals surface area contributed by atoms with E-state index in [1.165, 1.54) is 63.7 Å². The molecule has 14 aromatic carbocycles. The molecule has 0 spiro atoms. The number of aliphatic hydroxyl groups is 2. The van der Waals surface area contributed by atoms with Crippen LogP contribution in [0.2, 0.25) is 0 Å². The molecule has 0 amide bonds. The fraction of sp³-hybridized carbons (Fsp3) is 0.0510. The van der Waals surface area contributed by atoms with Crippen molar-refractivity contribution in [2.75, 3.05) is 7.15 Å². The first kappa shape index (κ1) is 90.2. The number of hydrogen-bond donors (Lipinski definition) is 2. The third kappa shape index (κ3) is 28.2. The maximum absolute atomic E-state index is 9.96. The fourth-order valence-corrected chi connectivity index (χ4v) is 21.8. The maximum Gasteiger partial charge on any atom is 2.00 e. The maximum atomic E-state index is 9.96. The molecule has 15 heteroatoms. The molecule has 0 aliphatic carbocycles. The molecule has 0 bridgehead atoms. The Morgan fingerprint density at radius 2 is 0.513 bits per heavy atom. The molecule has 0 aliphatic heterocycles. The van der Waals surface area contributed by atoms with Gasteiger partial charge in [0.25, 0.3) is 0 Å². The molecule has 2 aromatic heterocycles. The molecule has 0 fully saturated rings. The number of aryl methyl sites for hydroxylation is 2. The van der Waals surface area contributed by atoms with Crippen molar-refractivity contribution in [3.63, 3.8) is 0 Å². The van der Waals surface area contributed by atoms with Gasteiger partial charge in [0.2, 0.25) is 0 Å². The van der Waals surface area contributed by atoms with E-state index in [1.807, 2.05) is 44.3 Å². The van der Waals surface area contributed by atoms with Crippen LogP contribution in [0.25, 0.3) is 21.8 Å². The topological polar surface area (TPSA) is 138 Å². The molecule has 558 valence electrons. The molecule has 2 heterocycles. The molecule has 0 saturated heterocycles. The molecule has 16 rings (SSSR count). The average molecular weight is 1810 g/mol. The number of alkyl halides is 1. The summed E-state index contributed by atoms with van der Waals surface area (Å²) < 4.78 is 16.6. The van der Waals surface area contributed by atoms with Gasteiger partial charge in [0.1, 0.15) is 6.07 Å². The van der Waals surface area contributed by atoms with E-state index in [-0.39, 0.29) is 53.1 Å². The van der Waals surface area contributed by atoms with Gasteiger partial charge in [0.15, 0.2) is 0 Å². The second kappa shape index (κ2) is 52.3. The van der Waals surface area contributed by atoms with E-state index in [1.54, 1.807) is 12.3 Å². The summed E-state index contributed by atoms with van der Waals surface area (Å²) >= 11 is 2.25. The number of benzene rings is 14. The first-order valence-corrected chi connectivity index (χ1v) is 41.8. The van der Waals surface area contributed by atoms with Crippen LogP contribution in [0.15, 0.2) is 413 Å². The van der Waals surface area contributed by atoms with Crippen LogP contribution in [0, 0.1) is 52.4 Å². The van der Waals surface area contributed by atoms with Crippen LogP contribution in [-0.4, -0.2) is 27.3 Å². The zero-order chi connectivity index (χ0) is 79.3. The summed E-state index contributed by atoms with van der Waals surface area (Å²) in [6.45, 7) is 13.5. The summed E-state index contributed by atoms with van der Waals surface area (Å²) in [6.07, 6.45) is 3.60. The van der Waals surface area contributed by atoms with E-state index in [0.29, 0.717) is 11.1 Å². The second-order valence-corrected chi connectivity index (χ2v) is 34.2. The molecule has 0 atom stereocenters. The van der Waals surface area contributed by atoms with Gasteiger partial charge < -0.3 is 33.9 Å². The number of nitrogens with zero attached hydrogens (tertiary/aromatic N) is 5. The van der Waals surface area contributed by atoms with Crippen LogP contribution in [0.3, 0.4) is 0 Å². The van der Waals surface area contributed by atoms with E-state index in [4.69, 9.17) is 40.5 Å². The van der Waals surface area contributed by atoms with Crippen LogP contribution < -0.4 is 63.7 Å². The number of rotatable bonds is 14. The van der Waals surface area contributed by atoms with Crippen LogP contribution in [0.4, 0.5) is 4.39 Å². The standard InChI is InChI=1S/4C18H15P.C12H10N2O.C11H10INO.CH3F.2CN.Pd.Zn/c4*1-4-10-16(11-5-1)19(17-12-6-2-7-13-17)18-14-8-3-9-15-18;1-8-2-10-3-9(7-15)4-11(5-13)12(10)14-6-8;1-7-2-9-3-8(6-14)4-10(12)11(9)13-5-7;3*1-2;;/h4*1-15H;2-4,6,15H,7H2,1H3;2-5,14H,6H2,1H3;1H3;;;;/q;;;;;;;2*-1;;+2/i;;;;;;1D;;;;. The number of pyridine rings is 2. The van der Waals surface area contributed by atoms with Gasteiger partial charge in [0, 0.05) is 47.2 Å². The van der Waals surface area contributed by atoms with Crippen molar-refractivity contribution in [3.8, 4) is 6.07 Å². The van der Waals surface area contributed by atoms with Gasteiger partial charge >= 0.3 is 19.5 Å². The van der Waals surface area contributed by atoms with Crippen LogP contribution in [0.5, 0.6) is 0 Å². The number of hydrogen-bond acceptors (Lipinski definition) is 7. The zero-order valence-corrected chi connectivity index (χ0v) is 72.8. The molecule has 7 nitrogen and oxygen atoms in total. The van der Waals surface area contributed by atoms with Gasteiger partial charge in [-0.3, -0.25) is 14.4 Å². The van der Waals surface area contributed by atoms with Crippen molar-refractivity contribution in [2.45, 2.75) is 27.1 Å². The Kier molecular flexibility index (Phi) is 41.7. The largest absolute Gasteiger partial charge is 2.00 e. The molecule has 0 aliphatic rings. The van der Waals surface area contributed by atoms with Gasteiger partial charge in [-0.05, 0) is 190 Å². The molecule has 0 unspecified atom stereocenters. The Bertz CT molecular complexity index is 4560. The van der Waals surface area contributed by atoms with E-state index in [9.17, 15) is 4.39 Å². The van der Waals surface area contributed by atoms with Crippen molar-refractivity contribution in [1.82, 2.24) is 9.97 Å². The van der Waals surface area contributed by atoms with Crippen molar-refractivity contribution in [2.24, 2.45) is 0 Å². The van der Waals surface area contributed by atoms with Crippen LogP contribution in [0.1, 0.15) is 29.2 Å². The Labute approximate surface area is 712 Å². The summed E-state index contributed by atoms with van der Waals surface area (Å²) in [7, 11) is -2.78. The first-order chi connectivity index (χ1) is 55.2. The number of aromatic nitrogens is 2.